The maximum absolute atomic E-state index is 12.4. The van der Waals surface area contributed by atoms with Crippen molar-refractivity contribution in [2.45, 2.75) is 0 Å². The number of nitrogens with zero attached hydrogens (tertiary/aromatic N) is 1. The number of rotatable bonds is 5. The maximum atomic E-state index is 12.4. The minimum Gasteiger partial charge on any atom is -0.493 e. The summed E-state index contributed by atoms with van der Waals surface area (Å²) in [7, 11) is 1.48. The molecule has 6 nitrogen and oxygen atoms in total. The molecule has 3 aromatic carbocycles. The predicted octanol–water partition coefficient (Wildman–Crippen LogP) is 5.46. The number of para-hydroxylation sites is 1. The van der Waals surface area contributed by atoms with Crippen molar-refractivity contribution in [1.29, 1.82) is 0 Å². The number of amides is 1. The molecule has 0 spiro atoms. The van der Waals surface area contributed by atoms with Gasteiger partial charge in [0.25, 0.3) is 5.91 Å². The van der Waals surface area contributed by atoms with Gasteiger partial charge < -0.3 is 14.8 Å². The van der Waals surface area contributed by atoms with Crippen molar-refractivity contribution in [1.82, 2.24) is 5.32 Å². The third-order valence-electron chi connectivity index (χ3n) is 4.41. The van der Waals surface area contributed by atoms with Crippen molar-refractivity contribution in [3.8, 4) is 11.5 Å². The highest BCUT2D eigenvalue weighted by atomic mass is 35.5. The molecule has 0 radical (unpaired) electrons. The van der Waals surface area contributed by atoms with Gasteiger partial charge >= 0.3 is 5.97 Å². The molecule has 1 N–H and O–H groups in total. The van der Waals surface area contributed by atoms with E-state index in [1.807, 2.05) is 30.3 Å². The van der Waals surface area contributed by atoms with Gasteiger partial charge in [0.05, 0.1) is 23.3 Å². The number of halogens is 1. The Kier molecular flexibility index (Phi) is 6.58. The minimum absolute atomic E-state index is 0.234. The lowest BCUT2D eigenvalue weighted by molar-refractivity contribution is -0.115. The number of carbonyl (C=O) groups is 2. The molecule has 0 aliphatic carbocycles. The summed E-state index contributed by atoms with van der Waals surface area (Å²) in [6.07, 6.45) is 1.72. The molecule has 8 heteroatoms. The van der Waals surface area contributed by atoms with Crippen LogP contribution < -0.4 is 14.8 Å². The number of methoxy groups -OCH3 is 1. The first-order valence-corrected chi connectivity index (χ1v) is 10.7. The van der Waals surface area contributed by atoms with Gasteiger partial charge in [0.2, 0.25) is 0 Å². The Morgan fingerprint density at radius 1 is 1.03 bits per heavy atom. The lowest BCUT2D eigenvalue weighted by Gasteiger charge is -2.10. The largest absolute Gasteiger partial charge is 0.493 e. The van der Waals surface area contributed by atoms with E-state index in [4.69, 9.17) is 21.1 Å². The highest BCUT2D eigenvalue weighted by Crippen LogP contribution is 2.32. The number of benzene rings is 3. The van der Waals surface area contributed by atoms with Crippen molar-refractivity contribution in [2.75, 3.05) is 7.11 Å². The maximum Gasteiger partial charge on any atom is 0.343 e. The van der Waals surface area contributed by atoms with Gasteiger partial charge in [0.1, 0.15) is 0 Å². The molecule has 0 aromatic heterocycles. The topological polar surface area (TPSA) is 77.0 Å². The molecule has 32 heavy (non-hydrogen) atoms. The Labute approximate surface area is 193 Å². The number of thioether (sulfide) groups is 1. The normalized spacial score (nSPS) is 15.6. The van der Waals surface area contributed by atoms with Crippen molar-refractivity contribution >= 4 is 52.2 Å². The third-order valence-corrected chi connectivity index (χ3v) is 5.57. The number of hydrogen-bond donors (Lipinski definition) is 1. The Balaban J connectivity index is 1.52. The van der Waals surface area contributed by atoms with Crippen LogP contribution in [0.2, 0.25) is 5.02 Å². The van der Waals surface area contributed by atoms with E-state index >= 15 is 0 Å². The van der Waals surface area contributed by atoms with Crippen LogP contribution in [0.15, 0.2) is 82.7 Å². The number of nitrogens with one attached hydrogen (secondary N) is 1. The Morgan fingerprint density at radius 2 is 1.78 bits per heavy atom. The zero-order valence-corrected chi connectivity index (χ0v) is 18.4. The summed E-state index contributed by atoms with van der Waals surface area (Å²) >= 11 is 7.10. The van der Waals surface area contributed by atoms with E-state index in [2.05, 4.69) is 10.3 Å². The van der Waals surface area contributed by atoms with Gasteiger partial charge in [0.15, 0.2) is 16.7 Å². The van der Waals surface area contributed by atoms with Crippen LogP contribution in [-0.2, 0) is 4.79 Å². The summed E-state index contributed by atoms with van der Waals surface area (Å²) in [5.41, 5.74) is 1.84. The lowest BCUT2D eigenvalue weighted by Crippen LogP contribution is -2.19. The van der Waals surface area contributed by atoms with Crippen LogP contribution in [0, 0.1) is 0 Å². The second-order valence-electron chi connectivity index (χ2n) is 6.62. The number of ether oxygens (including phenoxy) is 2. The summed E-state index contributed by atoms with van der Waals surface area (Å²) in [6.45, 7) is 0. The number of aliphatic imine (C=N–C) groups is 1. The lowest BCUT2D eigenvalue weighted by atomic mass is 10.2. The van der Waals surface area contributed by atoms with Crippen LogP contribution in [-0.4, -0.2) is 24.2 Å². The van der Waals surface area contributed by atoms with Gasteiger partial charge in [0, 0.05) is 5.02 Å². The van der Waals surface area contributed by atoms with E-state index in [9.17, 15) is 9.59 Å². The van der Waals surface area contributed by atoms with E-state index in [-0.39, 0.29) is 11.7 Å². The number of esters is 1. The molecule has 1 aliphatic heterocycles. The van der Waals surface area contributed by atoms with Crippen molar-refractivity contribution in [3.05, 3.63) is 93.9 Å². The Hall–Kier alpha value is -3.55. The highest BCUT2D eigenvalue weighted by molar-refractivity contribution is 8.18. The number of hydrogen-bond acceptors (Lipinski definition) is 6. The number of carbonyl (C=O) groups excluding carboxylic acids is 2. The van der Waals surface area contributed by atoms with Crippen LogP contribution in [0.5, 0.6) is 11.5 Å². The minimum atomic E-state index is -0.529. The SMILES string of the molecule is COc1cc(/C=C2\SC(=Nc3ccccc3)NC2=O)ccc1OC(=O)c1ccc(Cl)cc1. The van der Waals surface area contributed by atoms with E-state index in [1.165, 1.54) is 18.9 Å². The zero-order chi connectivity index (χ0) is 22.5. The van der Waals surface area contributed by atoms with Crippen LogP contribution in [0.1, 0.15) is 15.9 Å². The molecule has 1 aliphatic rings. The van der Waals surface area contributed by atoms with Gasteiger partial charge in [-0.05, 0) is 71.9 Å². The van der Waals surface area contributed by atoms with Gasteiger partial charge in [-0.1, -0.05) is 35.9 Å². The summed E-state index contributed by atoms with van der Waals surface area (Å²) in [5, 5.41) is 3.79. The van der Waals surface area contributed by atoms with Crippen molar-refractivity contribution in [2.24, 2.45) is 4.99 Å². The quantitative estimate of drug-likeness (QED) is 0.308. The molecule has 1 fully saturated rings. The molecule has 4 rings (SSSR count). The molecular formula is C24H17ClN2O4S. The standard InChI is InChI=1S/C24H17ClN2O4S/c1-30-20-13-15(7-12-19(20)31-23(29)16-8-10-17(25)11-9-16)14-21-22(28)27-24(32-21)26-18-5-3-2-4-6-18/h2-14H,1H3,(H,26,27,28)/b21-14-. The first kappa shape index (κ1) is 21.7. The molecule has 160 valence electrons. The van der Waals surface area contributed by atoms with E-state index in [0.717, 1.165) is 5.69 Å². The first-order valence-electron chi connectivity index (χ1n) is 9.52. The van der Waals surface area contributed by atoms with Crippen LogP contribution in [0.25, 0.3) is 6.08 Å². The zero-order valence-electron chi connectivity index (χ0n) is 16.9. The fraction of sp³-hybridized carbons (Fsp3) is 0.0417. The van der Waals surface area contributed by atoms with Gasteiger partial charge in [-0.2, -0.15) is 0 Å². The van der Waals surface area contributed by atoms with Crippen molar-refractivity contribution in [3.63, 3.8) is 0 Å². The summed E-state index contributed by atoms with van der Waals surface area (Å²) in [4.78, 5) is 29.6. The molecule has 0 unspecified atom stereocenters. The molecule has 0 saturated carbocycles. The van der Waals surface area contributed by atoms with E-state index < -0.39 is 5.97 Å². The summed E-state index contributed by atoms with van der Waals surface area (Å²) in [5.74, 6) is -0.131. The molecule has 0 atom stereocenters. The molecule has 1 amide bonds. The smallest absolute Gasteiger partial charge is 0.343 e. The molecule has 3 aromatic rings. The van der Waals surface area contributed by atoms with Gasteiger partial charge in [-0.25, -0.2) is 9.79 Å². The Bertz CT molecular complexity index is 1220. The molecule has 1 heterocycles. The monoisotopic (exact) mass is 464 g/mol. The Morgan fingerprint density at radius 3 is 2.50 bits per heavy atom. The average molecular weight is 465 g/mol. The third kappa shape index (κ3) is 5.19. The number of amidine groups is 1. The average Bonchev–Trinajstić information content (AvgIpc) is 3.14. The van der Waals surface area contributed by atoms with Gasteiger partial charge in [-0.3, -0.25) is 4.79 Å². The highest BCUT2D eigenvalue weighted by Gasteiger charge is 2.24. The van der Waals surface area contributed by atoms with E-state index in [1.54, 1.807) is 48.5 Å². The van der Waals surface area contributed by atoms with Crippen molar-refractivity contribution < 1.29 is 19.1 Å². The second-order valence-corrected chi connectivity index (χ2v) is 8.09. The van der Waals surface area contributed by atoms with Crippen LogP contribution in [0.3, 0.4) is 0 Å². The molecular weight excluding hydrogens is 448 g/mol. The second kappa shape index (κ2) is 9.72. The van der Waals surface area contributed by atoms with Crippen LogP contribution in [0.4, 0.5) is 5.69 Å². The fourth-order valence-electron chi connectivity index (χ4n) is 2.85. The van der Waals surface area contributed by atoms with Crippen LogP contribution >= 0.6 is 23.4 Å². The van der Waals surface area contributed by atoms with Gasteiger partial charge in [-0.15, -0.1) is 0 Å². The fourth-order valence-corrected chi connectivity index (χ4v) is 3.82. The molecule has 1 saturated heterocycles. The van der Waals surface area contributed by atoms with E-state index in [0.29, 0.717) is 32.0 Å². The predicted molar refractivity (Wildman–Crippen MR) is 127 cm³/mol. The summed E-state index contributed by atoms with van der Waals surface area (Å²) < 4.78 is 10.8. The molecule has 0 bridgehead atoms. The first-order chi connectivity index (χ1) is 15.5. The summed E-state index contributed by atoms with van der Waals surface area (Å²) in [6, 6.07) is 20.8.